The van der Waals surface area contributed by atoms with E-state index in [0.29, 0.717) is 17.3 Å². The van der Waals surface area contributed by atoms with Crippen molar-refractivity contribution in [2.45, 2.75) is 39.2 Å². The summed E-state index contributed by atoms with van der Waals surface area (Å²) >= 11 is 6.14. The van der Waals surface area contributed by atoms with Crippen LogP contribution in [0, 0.1) is 0 Å². The second-order valence-electron chi connectivity index (χ2n) is 5.90. The van der Waals surface area contributed by atoms with Gasteiger partial charge in [-0.05, 0) is 41.7 Å². The Morgan fingerprint density at radius 3 is 2.33 bits per heavy atom. The van der Waals surface area contributed by atoms with Gasteiger partial charge in [0.15, 0.2) is 0 Å². The minimum Gasteiger partial charge on any atom is -0.489 e. The molecule has 0 aliphatic carbocycles. The van der Waals surface area contributed by atoms with Crippen molar-refractivity contribution in [2.24, 2.45) is 0 Å². The van der Waals surface area contributed by atoms with Crippen LogP contribution in [0.5, 0.6) is 5.75 Å². The highest BCUT2D eigenvalue weighted by Gasteiger charge is 2.17. The summed E-state index contributed by atoms with van der Waals surface area (Å²) in [6.45, 7) is 7.14. The van der Waals surface area contributed by atoms with Crippen LogP contribution in [0.2, 0.25) is 5.02 Å². The van der Waals surface area contributed by atoms with Gasteiger partial charge in [-0.2, -0.15) is 0 Å². The molecule has 0 aromatic heterocycles. The largest absolute Gasteiger partial charge is 0.489 e. The number of nitrogen functional groups attached to an aromatic ring is 1. The van der Waals surface area contributed by atoms with Crippen LogP contribution in [0.25, 0.3) is 0 Å². The Kier molecular flexibility index (Phi) is 4.79. The predicted molar refractivity (Wildman–Crippen MR) is 90.0 cm³/mol. The summed E-state index contributed by atoms with van der Waals surface area (Å²) in [6, 6.07) is 13.7. The first-order chi connectivity index (χ1) is 9.92. The number of hydrogen-bond acceptors (Lipinski definition) is 2. The molecule has 21 heavy (non-hydrogen) atoms. The highest BCUT2D eigenvalue weighted by Crippen LogP contribution is 2.28. The third kappa shape index (κ3) is 3.92. The van der Waals surface area contributed by atoms with Gasteiger partial charge in [0.2, 0.25) is 0 Å². The molecule has 0 amide bonds. The molecule has 2 nitrogen and oxygen atoms in total. The van der Waals surface area contributed by atoms with Crippen molar-refractivity contribution in [1.82, 2.24) is 0 Å². The highest BCUT2D eigenvalue weighted by molar-refractivity contribution is 6.31. The molecule has 112 valence electrons. The minimum absolute atomic E-state index is 0.193. The predicted octanol–water partition coefficient (Wildman–Crippen LogP) is 5.19. The summed E-state index contributed by atoms with van der Waals surface area (Å²) in [5, 5.41) is 0.638. The second kappa shape index (κ2) is 6.40. The lowest BCUT2D eigenvalue weighted by Crippen LogP contribution is -2.15. The molecule has 0 bridgehead atoms. The Morgan fingerprint density at radius 1 is 1.10 bits per heavy atom. The molecule has 0 atom stereocenters. The summed E-state index contributed by atoms with van der Waals surface area (Å²) in [6.07, 6.45) is 1.11. The van der Waals surface area contributed by atoms with Gasteiger partial charge in [0.1, 0.15) is 12.4 Å². The lowest BCUT2D eigenvalue weighted by atomic mass is 9.82. The number of nitrogens with two attached hydrogens (primary N) is 1. The normalized spacial score (nSPS) is 11.4. The summed E-state index contributed by atoms with van der Waals surface area (Å²) in [4.78, 5) is 0. The van der Waals surface area contributed by atoms with Crippen LogP contribution in [-0.4, -0.2) is 0 Å². The molecule has 2 N–H and O–H groups in total. The van der Waals surface area contributed by atoms with E-state index in [1.165, 1.54) is 5.56 Å². The van der Waals surface area contributed by atoms with Gasteiger partial charge in [-0.25, -0.2) is 0 Å². The van der Waals surface area contributed by atoms with Gasteiger partial charge >= 0.3 is 0 Å². The third-order valence-corrected chi connectivity index (χ3v) is 4.34. The van der Waals surface area contributed by atoms with E-state index >= 15 is 0 Å². The fraction of sp³-hybridized carbons (Fsp3) is 0.333. The van der Waals surface area contributed by atoms with E-state index in [0.717, 1.165) is 17.7 Å². The van der Waals surface area contributed by atoms with Crippen molar-refractivity contribution in [3.05, 3.63) is 58.6 Å². The first kappa shape index (κ1) is 15.7. The topological polar surface area (TPSA) is 35.2 Å². The lowest BCUT2D eigenvalue weighted by molar-refractivity contribution is 0.306. The molecule has 0 saturated heterocycles. The first-order valence-corrected chi connectivity index (χ1v) is 7.57. The number of benzene rings is 2. The van der Waals surface area contributed by atoms with Gasteiger partial charge in [0.05, 0.1) is 0 Å². The van der Waals surface area contributed by atoms with Crippen LogP contribution < -0.4 is 10.5 Å². The SMILES string of the molecule is CCC(C)(C)c1ccc(OCc2ccc(N)cc2Cl)cc1. The molecule has 0 aliphatic heterocycles. The fourth-order valence-electron chi connectivity index (χ4n) is 2.05. The van der Waals surface area contributed by atoms with E-state index in [9.17, 15) is 0 Å². The molecular weight excluding hydrogens is 282 g/mol. The van der Waals surface area contributed by atoms with Crippen LogP contribution in [-0.2, 0) is 12.0 Å². The Balaban J connectivity index is 2.04. The monoisotopic (exact) mass is 303 g/mol. The Labute approximate surface area is 131 Å². The summed E-state index contributed by atoms with van der Waals surface area (Å²) in [5.74, 6) is 0.846. The van der Waals surface area contributed by atoms with Crippen molar-refractivity contribution in [3.8, 4) is 5.75 Å². The first-order valence-electron chi connectivity index (χ1n) is 7.19. The van der Waals surface area contributed by atoms with Crippen LogP contribution in [0.15, 0.2) is 42.5 Å². The molecular formula is C18H22ClNO. The molecule has 0 aliphatic rings. The Bertz CT molecular complexity index is 605. The van der Waals surface area contributed by atoms with Gasteiger partial charge < -0.3 is 10.5 Å². The molecule has 2 aromatic rings. The number of ether oxygens (including phenoxy) is 1. The van der Waals surface area contributed by atoms with E-state index < -0.39 is 0 Å². The number of halogens is 1. The van der Waals surface area contributed by atoms with Crippen molar-refractivity contribution in [2.75, 3.05) is 5.73 Å². The quantitative estimate of drug-likeness (QED) is 0.772. The maximum atomic E-state index is 6.14. The number of rotatable bonds is 5. The molecule has 0 radical (unpaired) electrons. The Hall–Kier alpha value is -1.67. The van der Waals surface area contributed by atoms with Crippen molar-refractivity contribution >= 4 is 17.3 Å². The van der Waals surface area contributed by atoms with Gasteiger partial charge in [0.25, 0.3) is 0 Å². The second-order valence-corrected chi connectivity index (χ2v) is 6.31. The Morgan fingerprint density at radius 2 is 1.76 bits per heavy atom. The van der Waals surface area contributed by atoms with Crippen molar-refractivity contribution < 1.29 is 4.74 Å². The maximum absolute atomic E-state index is 6.14. The summed E-state index contributed by atoms with van der Waals surface area (Å²) in [5.41, 5.74) is 8.79. The molecule has 0 unspecified atom stereocenters. The molecule has 0 saturated carbocycles. The number of anilines is 1. The lowest BCUT2D eigenvalue weighted by Gasteiger charge is -2.23. The molecule has 0 heterocycles. The van der Waals surface area contributed by atoms with Gasteiger partial charge in [-0.1, -0.05) is 50.6 Å². The zero-order chi connectivity index (χ0) is 15.5. The molecule has 0 spiro atoms. The molecule has 2 rings (SSSR count). The molecule has 0 fully saturated rings. The van der Waals surface area contributed by atoms with E-state index in [1.807, 2.05) is 24.3 Å². The summed E-state index contributed by atoms with van der Waals surface area (Å²) < 4.78 is 5.79. The van der Waals surface area contributed by atoms with Crippen molar-refractivity contribution in [3.63, 3.8) is 0 Å². The van der Waals surface area contributed by atoms with Gasteiger partial charge in [-0.3, -0.25) is 0 Å². The third-order valence-electron chi connectivity index (χ3n) is 3.99. The van der Waals surface area contributed by atoms with E-state index in [-0.39, 0.29) is 5.41 Å². The fourth-order valence-corrected chi connectivity index (χ4v) is 2.29. The van der Waals surface area contributed by atoms with Crippen molar-refractivity contribution in [1.29, 1.82) is 0 Å². The van der Waals surface area contributed by atoms with Gasteiger partial charge in [-0.15, -0.1) is 0 Å². The molecule has 2 aromatic carbocycles. The van der Waals surface area contributed by atoms with E-state index in [1.54, 1.807) is 6.07 Å². The number of hydrogen-bond donors (Lipinski definition) is 1. The van der Waals surface area contributed by atoms with E-state index in [4.69, 9.17) is 22.1 Å². The van der Waals surface area contributed by atoms with Crippen LogP contribution >= 0.6 is 11.6 Å². The maximum Gasteiger partial charge on any atom is 0.119 e. The average molecular weight is 304 g/mol. The van der Waals surface area contributed by atoms with Crippen LogP contribution in [0.1, 0.15) is 38.3 Å². The summed E-state index contributed by atoms with van der Waals surface area (Å²) in [7, 11) is 0. The van der Waals surface area contributed by atoms with Crippen LogP contribution in [0.4, 0.5) is 5.69 Å². The average Bonchev–Trinajstić information content (AvgIpc) is 2.47. The highest BCUT2D eigenvalue weighted by atomic mass is 35.5. The van der Waals surface area contributed by atoms with Gasteiger partial charge in [0, 0.05) is 16.3 Å². The molecule has 3 heteroatoms. The van der Waals surface area contributed by atoms with E-state index in [2.05, 4.69) is 32.9 Å². The standard InChI is InChI=1S/C18H22ClNO/c1-4-18(2,3)14-6-9-16(10-7-14)21-12-13-5-8-15(20)11-17(13)19/h5-11H,4,12,20H2,1-3H3. The minimum atomic E-state index is 0.193. The zero-order valence-electron chi connectivity index (χ0n) is 12.8. The smallest absolute Gasteiger partial charge is 0.119 e. The van der Waals surface area contributed by atoms with Crippen LogP contribution in [0.3, 0.4) is 0 Å². The zero-order valence-corrected chi connectivity index (χ0v) is 13.6.